The number of anilines is 1. The van der Waals surface area contributed by atoms with Crippen molar-refractivity contribution >= 4 is 23.5 Å². The van der Waals surface area contributed by atoms with Gasteiger partial charge < -0.3 is 10.2 Å². The van der Waals surface area contributed by atoms with E-state index < -0.39 is 23.3 Å². The smallest absolute Gasteiger partial charge is 0.328 e. The van der Waals surface area contributed by atoms with Gasteiger partial charge in [0.25, 0.3) is 0 Å². The van der Waals surface area contributed by atoms with E-state index in [9.17, 15) is 14.4 Å². The molecule has 1 atom stereocenters. The van der Waals surface area contributed by atoms with Gasteiger partial charge in [0.15, 0.2) is 5.41 Å². The van der Waals surface area contributed by atoms with Gasteiger partial charge in [-0.05, 0) is 30.2 Å². The van der Waals surface area contributed by atoms with Crippen molar-refractivity contribution in [2.75, 3.05) is 24.5 Å². The summed E-state index contributed by atoms with van der Waals surface area (Å²) in [5.74, 6) is -1.16. The molecule has 0 saturated carbocycles. The Hall–Kier alpha value is -2.92. The SMILES string of the molecule is N#Cc1ccc2c(c1)CC1(C(=O)NC(=O)NC1=O)C1CNCCN21. The predicted molar refractivity (Wildman–Crippen MR) is 83.0 cm³/mol. The Morgan fingerprint density at radius 1 is 1.21 bits per heavy atom. The molecule has 3 heterocycles. The van der Waals surface area contributed by atoms with E-state index in [4.69, 9.17) is 5.26 Å². The predicted octanol–water partition coefficient (Wildman–Crippen LogP) is -0.755. The number of imide groups is 2. The average Bonchev–Trinajstić information content (AvgIpc) is 2.58. The molecule has 122 valence electrons. The number of benzene rings is 1. The summed E-state index contributed by atoms with van der Waals surface area (Å²) >= 11 is 0. The number of fused-ring (bicyclic) bond motifs is 4. The van der Waals surface area contributed by atoms with E-state index in [1.165, 1.54) is 0 Å². The number of carbonyl (C=O) groups is 3. The van der Waals surface area contributed by atoms with Crippen LogP contribution in [0.3, 0.4) is 0 Å². The average molecular weight is 325 g/mol. The van der Waals surface area contributed by atoms with Crippen molar-refractivity contribution in [3.05, 3.63) is 29.3 Å². The second kappa shape index (κ2) is 5.04. The van der Waals surface area contributed by atoms with Crippen molar-refractivity contribution in [1.29, 1.82) is 5.26 Å². The van der Waals surface area contributed by atoms with Crippen molar-refractivity contribution in [3.63, 3.8) is 0 Å². The molecule has 8 heteroatoms. The number of amides is 4. The Kier molecular flexibility index (Phi) is 3.08. The van der Waals surface area contributed by atoms with Crippen LogP contribution < -0.4 is 20.9 Å². The Morgan fingerprint density at radius 2 is 1.96 bits per heavy atom. The maximum absolute atomic E-state index is 12.7. The summed E-state index contributed by atoms with van der Waals surface area (Å²) in [6, 6.07) is 6.22. The number of nitriles is 1. The molecular weight excluding hydrogens is 310 g/mol. The number of barbiturate groups is 1. The lowest BCUT2D eigenvalue weighted by molar-refractivity contribution is -0.146. The monoisotopic (exact) mass is 325 g/mol. The van der Waals surface area contributed by atoms with Crippen LogP contribution in [0.5, 0.6) is 0 Å². The Morgan fingerprint density at radius 3 is 2.67 bits per heavy atom. The molecule has 0 aliphatic carbocycles. The minimum atomic E-state index is -1.39. The summed E-state index contributed by atoms with van der Waals surface area (Å²) in [7, 11) is 0. The molecule has 3 N–H and O–H groups in total. The zero-order chi connectivity index (χ0) is 16.9. The van der Waals surface area contributed by atoms with E-state index in [1.807, 2.05) is 11.0 Å². The first-order valence-electron chi connectivity index (χ1n) is 7.73. The molecule has 24 heavy (non-hydrogen) atoms. The Bertz CT molecular complexity index is 792. The zero-order valence-electron chi connectivity index (χ0n) is 12.8. The molecule has 0 aromatic heterocycles. The fourth-order valence-corrected chi connectivity index (χ4v) is 3.95. The van der Waals surface area contributed by atoms with Crippen molar-refractivity contribution in [1.82, 2.24) is 16.0 Å². The molecule has 0 bridgehead atoms. The van der Waals surface area contributed by atoms with Crippen LogP contribution in [0.2, 0.25) is 0 Å². The lowest BCUT2D eigenvalue weighted by Gasteiger charge is -2.52. The lowest BCUT2D eigenvalue weighted by atomic mass is 9.68. The molecule has 1 aromatic rings. The number of carbonyl (C=O) groups excluding carboxylic acids is 3. The number of nitrogens with zero attached hydrogens (tertiary/aromatic N) is 2. The van der Waals surface area contributed by atoms with Crippen molar-refractivity contribution in [2.45, 2.75) is 12.5 Å². The molecule has 3 aliphatic heterocycles. The highest BCUT2D eigenvalue weighted by Crippen LogP contribution is 2.43. The quantitative estimate of drug-likeness (QED) is 0.541. The van der Waals surface area contributed by atoms with Gasteiger partial charge >= 0.3 is 6.03 Å². The third-order valence-corrected chi connectivity index (χ3v) is 5.06. The maximum Gasteiger partial charge on any atom is 0.328 e. The maximum atomic E-state index is 12.7. The van der Waals surface area contributed by atoms with Gasteiger partial charge in [0.2, 0.25) is 11.8 Å². The van der Waals surface area contributed by atoms with Crippen LogP contribution in [-0.4, -0.2) is 43.5 Å². The topological polar surface area (TPSA) is 114 Å². The van der Waals surface area contributed by atoms with Gasteiger partial charge in [-0.15, -0.1) is 0 Å². The van der Waals surface area contributed by atoms with Gasteiger partial charge in [-0.25, -0.2) is 4.79 Å². The molecule has 1 aromatic carbocycles. The van der Waals surface area contributed by atoms with E-state index in [2.05, 4.69) is 22.0 Å². The molecule has 3 aliphatic rings. The Balaban J connectivity index is 1.89. The molecule has 4 rings (SSSR count). The van der Waals surface area contributed by atoms with E-state index in [-0.39, 0.29) is 12.5 Å². The van der Waals surface area contributed by atoms with Crippen LogP contribution in [0.4, 0.5) is 10.5 Å². The molecule has 2 fully saturated rings. The molecule has 1 unspecified atom stereocenters. The molecular formula is C16H15N5O3. The summed E-state index contributed by atoms with van der Waals surface area (Å²) in [5, 5.41) is 16.8. The number of hydrogen-bond donors (Lipinski definition) is 3. The fraction of sp³-hybridized carbons (Fsp3) is 0.375. The number of piperazine rings is 1. The second-order valence-corrected chi connectivity index (χ2v) is 6.25. The van der Waals surface area contributed by atoms with Crippen LogP contribution in [0.25, 0.3) is 0 Å². The summed E-state index contributed by atoms with van der Waals surface area (Å²) < 4.78 is 0. The van der Waals surface area contributed by atoms with Crippen molar-refractivity contribution in [3.8, 4) is 6.07 Å². The van der Waals surface area contributed by atoms with Crippen molar-refractivity contribution in [2.24, 2.45) is 5.41 Å². The standard InChI is InChI=1S/C16H15N5O3/c17-7-9-1-2-11-10(5-9)6-16(12-8-18-3-4-21(11)12)13(22)19-15(24)20-14(16)23/h1-2,5,12,18H,3-4,6,8H2,(H2,19,20,22,23,24). The Labute approximate surface area is 137 Å². The van der Waals surface area contributed by atoms with Crippen LogP contribution in [-0.2, 0) is 16.0 Å². The first-order chi connectivity index (χ1) is 11.6. The summed E-state index contributed by atoms with van der Waals surface area (Å²) in [5.41, 5.74) is 0.795. The lowest BCUT2D eigenvalue weighted by Crippen LogP contribution is -2.74. The minimum absolute atomic E-state index is 0.158. The second-order valence-electron chi connectivity index (χ2n) is 6.25. The molecule has 0 radical (unpaired) electrons. The van der Waals surface area contributed by atoms with Gasteiger partial charge in [0, 0.05) is 25.3 Å². The van der Waals surface area contributed by atoms with Crippen LogP contribution in [0.15, 0.2) is 18.2 Å². The minimum Gasteiger partial charge on any atom is -0.364 e. The van der Waals surface area contributed by atoms with Gasteiger partial charge in [-0.1, -0.05) is 0 Å². The highest BCUT2D eigenvalue weighted by Gasteiger charge is 2.60. The summed E-state index contributed by atoms with van der Waals surface area (Å²) in [6.45, 7) is 1.84. The third kappa shape index (κ3) is 1.85. The first-order valence-corrected chi connectivity index (χ1v) is 7.73. The van der Waals surface area contributed by atoms with Crippen molar-refractivity contribution < 1.29 is 14.4 Å². The number of rotatable bonds is 0. The van der Waals surface area contributed by atoms with Gasteiger partial charge in [-0.3, -0.25) is 20.2 Å². The molecule has 2 saturated heterocycles. The zero-order valence-corrected chi connectivity index (χ0v) is 12.8. The number of hydrogen-bond acceptors (Lipinski definition) is 6. The van der Waals surface area contributed by atoms with Crippen LogP contribution in [0.1, 0.15) is 11.1 Å². The van der Waals surface area contributed by atoms with Crippen LogP contribution >= 0.6 is 0 Å². The van der Waals surface area contributed by atoms with Gasteiger partial charge in [0.05, 0.1) is 17.7 Å². The van der Waals surface area contributed by atoms with E-state index in [1.54, 1.807) is 12.1 Å². The fourth-order valence-electron chi connectivity index (χ4n) is 3.95. The van der Waals surface area contributed by atoms with E-state index in [0.29, 0.717) is 18.7 Å². The highest BCUT2D eigenvalue weighted by molar-refractivity contribution is 6.20. The van der Waals surface area contributed by atoms with E-state index in [0.717, 1.165) is 17.8 Å². The largest absolute Gasteiger partial charge is 0.364 e. The molecule has 8 nitrogen and oxygen atoms in total. The number of urea groups is 1. The normalized spacial score (nSPS) is 24.5. The highest BCUT2D eigenvalue weighted by atomic mass is 16.2. The molecule has 1 spiro atoms. The third-order valence-electron chi connectivity index (χ3n) is 5.06. The van der Waals surface area contributed by atoms with Gasteiger partial charge in [0.1, 0.15) is 0 Å². The summed E-state index contributed by atoms with van der Waals surface area (Å²) in [4.78, 5) is 38.9. The van der Waals surface area contributed by atoms with Gasteiger partial charge in [-0.2, -0.15) is 5.26 Å². The summed E-state index contributed by atoms with van der Waals surface area (Å²) in [6.07, 6.45) is 0.158. The van der Waals surface area contributed by atoms with Crippen LogP contribution in [0, 0.1) is 16.7 Å². The first kappa shape index (κ1) is 14.7. The molecule has 4 amide bonds. The van der Waals surface area contributed by atoms with E-state index >= 15 is 0 Å². The number of nitrogens with one attached hydrogen (secondary N) is 3.